The number of carbonyl (C=O) groups is 3. The maximum absolute atomic E-state index is 12.9. The van der Waals surface area contributed by atoms with Crippen molar-refractivity contribution in [1.29, 1.82) is 0 Å². The second-order valence-electron chi connectivity index (χ2n) is 8.59. The molecule has 4 aliphatic carbocycles. The predicted octanol–water partition coefficient (Wildman–Crippen LogP) is 3.69. The van der Waals surface area contributed by atoms with Gasteiger partial charge in [0.25, 0.3) is 11.8 Å². The molecule has 1 saturated heterocycles. The normalized spacial score (nSPS) is 32.6. The SMILES string of the molecule is O=C(O)c1cc(-c2ccc(/C=N\N3C(=O)[C@@H]4[C@@H]5C=C[C@H]([C@H]6C[C@@H]56)[C@@H]4C3=O)o2)ccc1Cl. The molecule has 7 nitrogen and oxygen atoms in total. The van der Waals surface area contributed by atoms with E-state index in [1.165, 1.54) is 18.3 Å². The first-order valence-corrected chi connectivity index (χ1v) is 10.5. The first-order chi connectivity index (χ1) is 14.9. The number of hydrazone groups is 1. The molecule has 0 radical (unpaired) electrons. The van der Waals surface area contributed by atoms with Crippen LogP contribution in [0.4, 0.5) is 0 Å². The highest BCUT2D eigenvalue weighted by atomic mass is 35.5. The highest BCUT2D eigenvalue weighted by Gasteiger charge is 2.67. The van der Waals surface area contributed by atoms with Crippen molar-refractivity contribution in [3.05, 3.63) is 58.8 Å². The Morgan fingerprint density at radius 1 is 1.10 bits per heavy atom. The third kappa shape index (κ3) is 2.66. The Labute approximate surface area is 182 Å². The van der Waals surface area contributed by atoms with Crippen molar-refractivity contribution in [1.82, 2.24) is 5.01 Å². The van der Waals surface area contributed by atoms with E-state index in [4.69, 9.17) is 16.0 Å². The van der Waals surface area contributed by atoms with E-state index in [9.17, 15) is 19.5 Å². The molecule has 1 aromatic heterocycles. The van der Waals surface area contributed by atoms with Gasteiger partial charge in [-0.15, -0.1) is 0 Å². The predicted molar refractivity (Wildman–Crippen MR) is 110 cm³/mol. The molecule has 1 aliphatic heterocycles. The van der Waals surface area contributed by atoms with Gasteiger partial charge in [0, 0.05) is 5.56 Å². The lowest BCUT2D eigenvalue weighted by molar-refractivity contribution is -0.140. The molecule has 2 heterocycles. The van der Waals surface area contributed by atoms with Crippen LogP contribution in [0, 0.1) is 35.5 Å². The van der Waals surface area contributed by atoms with Gasteiger partial charge in [-0.1, -0.05) is 23.8 Å². The van der Waals surface area contributed by atoms with Crippen LogP contribution in [0.1, 0.15) is 22.5 Å². The van der Waals surface area contributed by atoms with E-state index < -0.39 is 5.97 Å². The van der Waals surface area contributed by atoms with Gasteiger partial charge >= 0.3 is 5.97 Å². The van der Waals surface area contributed by atoms with Crippen LogP contribution in [0.15, 0.2) is 52.0 Å². The molecule has 5 aliphatic rings. The van der Waals surface area contributed by atoms with Crippen LogP contribution < -0.4 is 0 Å². The smallest absolute Gasteiger partial charge is 0.337 e. The summed E-state index contributed by atoms with van der Waals surface area (Å²) in [6, 6.07) is 7.89. The summed E-state index contributed by atoms with van der Waals surface area (Å²) in [4.78, 5) is 37.2. The Morgan fingerprint density at radius 2 is 1.77 bits per heavy atom. The molecule has 2 bridgehead atoms. The minimum absolute atomic E-state index is 0.0251. The van der Waals surface area contributed by atoms with Crippen LogP contribution >= 0.6 is 11.6 Å². The molecule has 2 aromatic rings. The van der Waals surface area contributed by atoms with Crippen LogP contribution in [0.25, 0.3) is 11.3 Å². The summed E-state index contributed by atoms with van der Waals surface area (Å²) in [5.41, 5.74) is 0.519. The lowest BCUT2D eigenvalue weighted by Crippen LogP contribution is -2.40. The molecule has 31 heavy (non-hydrogen) atoms. The number of aromatic carboxylic acids is 1. The maximum Gasteiger partial charge on any atom is 0.337 e. The lowest BCUT2D eigenvalue weighted by Gasteiger charge is -2.37. The first-order valence-electron chi connectivity index (χ1n) is 10.2. The summed E-state index contributed by atoms with van der Waals surface area (Å²) in [5.74, 6) is -0.0124. The third-order valence-electron chi connectivity index (χ3n) is 7.05. The fourth-order valence-corrected chi connectivity index (χ4v) is 5.79. The average molecular weight is 437 g/mol. The van der Waals surface area contributed by atoms with Gasteiger partial charge in [-0.3, -0.25) is 9.59 Å². The standard InChI is InChI=1S/C23H17ClN2O5/c24-17-5-1-10(7-16(17)23(29)30)18-6-2-11(31-18)9-25-26-21(27)19-12-3-4-13(15-8-14(12)15)20(19)22(26)28/h1-7,9,12-15,19-20H,8H2,(H,29,30)/b25-9-/t12-,13-,14-,15+,19+,20-/m1/s1. The summed E-state index contributed by atoms with van der Waals surface area (Å²) in [6.07, 6.45) is 6.70. The van der Waals surface area contributed by atoms with Crippen molar-refractivity contribution in [2.24, 2.45) is 40.6 Å². The van der Waals surface area contributed by atoms with E-state index in [1.807, 2.05) is 0 Å². The highest BCUT2D eigenvalue weighted by molar-refractivity contribution is 6.33. The first kappa shape index (κ1) is 18.6. The van der Waals surface area contributed by atoms with Gasteiger partial charge < -0.3 is 9.52 Å². The van der Waals surface area contributed by atoms with E-state index in [1.54, 1.807) is 18.2 Å². The van der Waals surface area contributed by atoms with Gasteiger partial charge in [-0.05, 0) is 60.4 Å². The summed E-state index contributed by atoms with van der Waals surface area (Å²) in [6.45, 7) is 0. The van der Waals surface area contributed by atoms with Crippen molar-refractivity contribution in [2.75, 3.05) is 0 Å². The molecular formula is C23H17ClN2O5. The molecule has 1 aromatic carbocycles. The van der Waals surface area contributed by atoms with Gasteiger partial charge in [-0.25, -0.2) is 4.79 Å². The number of benzene rings is 1. The number of furan rings is 1. The molecule has 1 N–H and O–H groups in total. The zero-order chi connectivity index (χ0) is 21.4. The average Bonchev–Trinajstić information content (AvgIpc) is 3.39. The summed E-state index contributed by atoms with van der Waals surface area (Å²) < 4.78 is 5.73. The molecule has 8 heteroatoms. The third-order valence-corrected chi connectivity index (χ3v) is 7.38. The fraction of sp³-hybridized carbons (Fsp3) is 0.304. The van der Waals surface area contributed by atoms with Crippen molar-refractivity contribution >= 4 is 35.6 Å². The zero-order valence-electron chi connectivity index (χ0n) is 16.1. The molecule has 156 valence electrons. The summed E-state index contributed by atoms with van der Waals surface area (Å²) in [5, 5.41) is 14.5. The van der Waals surface area contributed by atoms with E-state index in [0.717, 1.165) is 11.4 Å². The summed E-state index contributed by atoms with van der Waals surface area (Å²) >= 11 is 5.92. The Bertz CT molecular complexity index is 1180. The Hall–Kier alpha value is -3.19. The number of hydrogen-bond donors (Lipinski definition) is 1. The van der Waals surface area contributed by atoms with Gasteiger partial charge in [0.1, 0.15) is 11.5 Å². The minimum atomic E-state index is -1.13. The summed E-state index contributed by atoms with van der Waals surface area (Å²) in [7, 11) is 0. The number of allylic oxidation sites excluding steroid dienone is 2. The van der Waals surface area contributed by atoms with Crippen molar-refractivity contribution in [3.8, 4) is 11.3 Å². The van der Waals surface area contributed by atoms with E-state index >= 15 is 0 Å². The molecule has 0 spiro atoms. The van der Waals surface area contributed by atoms with Crippen molar-refractivity contribution in [3.63, 3.8) is 0 Å². The second-order valence-corrected chi connectivity index (χ2v) is 9.00. The van der Waals surface area contributed by atoms with Gasteiger partial charge in [-0.2, -0.15) is 10.1 Å². The van der Waals surface area contributed by atoms with Crippen LogP contribution in [-0.4, -0.2) is 34.1 Å². The quantitative estimate of drug-likeness (QED) is 0.447. The second kappa shape index (κ2) is 6.40. The molecule has 0 unspecified atom stereocenters. The van der Waals surface area contributed by atoms with Crippen LogP contribution in [0.5, 0.6) is 0 Å². The van der Waals surface area contributed by atoms with Gasteiger partial charge in [0.2, 0.25) is 0 Å². The maximum atomic E-state index is 12.9. The number of amides is 2. The lowest BCUT2D eigenvalue weighted by atomic mass is 9.63. The molecule has 2 saturated carbocycles. The number of carboxylic acids is 1. The number of rotatable bonds is 4. The molecule has 3 fully saturated rings. The van der Waals surface area contributed by atoms with Crippen molar-refractivity contribution in [2.45, 2.75) is 6.42 Å². The monoisotopic (exact) mass is 436 g/mol. The molecular weight excluding hydrogens is 420 g/mol. The number of carboxylic acid groups (broad SMARTS) is 1. The Morgan fingerprint density at radius 3 is 2.42 bits per heavy atom. The van der Waals surface area contributed by atoms with E-state index in [2.05, 4.69) is 17.3 Å². The molecule has 6 atom stereocenters. The minimum Gasteiger partial charge on any atom is -0.478 e. The Kier molecular flexibility index (Phi) is 3.84. The van der Waals surface area contributed by atoms with Crippen LogP contribution in [-0.2, 0) is 9.59 Å². The number of imide groups is 1. The largest absolute Gasteiger partial charge is 0.478 e. The zero-order valence-corrected chi connectivity index (χ0v) is 16.9. The van der Waals surface area contributed by atoms with Gasteiger partial charge in [0.05, 0.1) is 28.6 Å². The van der Waals surface area contributed by atoms with E-state index in [-0.39, 0.29) is 46.1 Å². The number of carbonyl (C=O) groups excluding carboxylic acids is 2. The topological polar surface area (TPSA) is 100 Å². The van der Waals surface area contributed by atoms with Crippen LogP contribution in [0.3, 0.4) is 0 Å². The Balaban J connectivity index is 1.24. The van der Waals surface area contributed by atoms with E-state index in [0.29, 0.717) is 28.9 Å². The highest BCUT2D eigenvalue weighted by Crippen LogP contribution is 2.65. The van der Waals surface area contributed by atoms with Gasteiger partial charge in [0.15, 0.2) is 0 Å². The van der Waals surface area contributed by atoms with Crippen molar-refractivity contribution < 1.29 is 23.9 Å². The molecule has 7 rings (SSSR count). The number of nitrogens with zero attached hydrogens (tertiary/aromatic N) is 2. The number of halogens is 1. The van der Waals surface area contributed by atoms with Crippen LogP contribution in [0.2, 0.25) is 5.02 Å². The molecule has 2 amide bonds. The number of hydrogen-bond acceptors (Lipinski definition) is 5. The fourth-order valence-electron chi connectivity index (χ4n) is 5.59.